The van der Waals surface area contributed by atoms with Crippen molar-refractivity contribution in [3.63, 3.8) is 0 Å². The van der Waals surface area contributed by atoms with Gasteiger partial charge in [-0.15, -0.1) is 0 Å². The molecular weight excluding hydrogens is 364 g/mol. The number of nitrogens with zero attached hydrogens (tertiary/aromatic N) is 2. The van der Waals surface area contributed by atoms with Crippen molar-refractivity contribution in [2.24, 2.45) is 0 Å². The van der Waals surface area contributed by atoms with E-state index in [1.807, 2.05) is 32.0 Å². The lowest BCUT2D eigenvalue weighted by Crippen LogP contribution is -2.51. The van der Waals surface area contributed by atoms with Gasteiger partial charge in [0.05, 0.1) is 4.90 Å². The number of carbonyl (C=O) groups excluding carboxylic acids is 1. The molecule has 0 unspecified atom stereocenters. The van der Waals surface area contributed by atoms with E-state index in [-0.39, 0.29) is 30.5 Å². The van der Waals surface area contributed by atoms with E-state index in [9.17, 15) is 13.2 Å². The first-order valence-corrected chi connectivity index (χ1v) is 10.4. The molecule has 0 N–H and O–H groups in total. The van der Waals surface area contributed by atoms with Gasteiger partial charge in [-0.2, -0.15) is 4.31 Å². The van der Waals surface area contributed by atoms with Crippen molar-refractivity contribution in [2.45, 2.75) is 18.7 Å². The Labute approximate surface area is 160 Å². The van der Waals surface area contributed by atoms with Crippen LogP contribution in [0.15, 0.2) is 53.4 Å². The summed E-state index contributed by atoms with van der Waals surface area (Å²) in [5.74, 6) is 0.571. The second kappa shape index (κ2) is 8.10. The van der Waals surface area contributed by atoms with Crippen LogP contribution in [0.4, 0.5) is 0 Å². The maximum absolute atomic E-state index is 12.6. The van der Waals surface area contributed by atoms with Gasteiger partial charge in [0, 0.05) is 26.2 Å². The molecule has 0 spiro atoms. The number of rotatable bonds is 5. The number of aryl methyl sites for hydroxylation is 1. The molecule has 0 atom stereocenters. The fraction of sp³-hybridized carbons (Fsp3) is 0.350. The Morgan fingerprint density at radius 2 is 1.63 bits per heavy atom. The van der Waals surface area contributed by atoms with Crippen molar-refractivity contribution in [1.82, 2.24) is 9.21 Å². The standard InChI is InChI=1S/C20H24N2O4S/c1-16-7-6-10-19(17(16)2)26-15-20(23)21-11-13-22(14-12-21)27(24,25)18-8-4-3-5-9-18/h3-10H,11-15H2,1-2H3. The monoisotopic (exact) mass is 388 g/mol. The molecule has 2 aromatic rings. The average molecular weight is 388 g/mol. The summed E-state index contributed by atoms with van der Waals surface area (Å²) in [6.07, 6.45) is 0. The number of ether oxygens (including phenoxy) is 1. The number of carbonyl (C=O) groups is 1. The molecule has 2 aromatic carbocycles. The Kier molecular flexibility index (Phi) is 5.82. The molecule has 0 aliphatic carbocycles. The SMILES string of the molecule is Cc1cccc(OCC(=O)N2CCN(S(=O)(=O)c3ccccc3)CC2)c1C. The summed E-state index contributed by atoms with van der Waals surface area (Å²) < 4.78 is 32.4. The third-order valence-electron chi connectivity index (χ3n) is 4.88. The molecule has 144 valence electrons. The van der Waals surface area contributed by atoms with Gasteiger partial charge in [0.1, 0.15) is 5.75 Å². The number of piperazine rings is 1. The van der Waals surface area contributed by atoms with Crippen LogP contribution in [0.2, 0.25) is 0 Å². The van der Waals surface area contributed by atoms with Crippen molar-refractivity contribution < 1.29 is 17.9 Å². The van der Waals surface area contributed by atoms with Crippen LogP contribution in [0.25, 0.3) is 0 Å². The van der Waals surface area contributed by atoms with Gasteiger partial charge >= 0.3 is 0 Å². The highest BCUT2D eigenvalue weighted by molar-refractivity contribution is 7.89. The minimum Gasteiger partial charge on any atom is -0.483 e. The Bertz CT molecular complexity index is 905. The van der Waals surface area contributed by atoms with Crippen LogP contribution >= 0.6 is 0 Å². The molecule has 1 saturated heterocycles. The molecule has 1 aliphatic rings. The summed E-state index contributed by atoms with van der Waals surface area (Å²) in [5, 5.41) is 0. The molecule has 6 nitrogen and oxygen atoms in total. The van der Waals surface area contributed by atoms with Gasteiger partial charge in [0.15, 0.2) is 6.61 Å². The molecule has 0 saturated carbocycles. The van der Waals surface area contributed by atoms with Crippen LogP contribution in [-0.2, 0) is 14.8 Å². The predicted molar refractivity (Wildman–Crippen MR) is 103 cm³/mol. The lowest BCUT2D eigenvalue weighted by atomic mass is 10.1. The van der Waals surface area contributed by atoms with Crippen molar-refractivity contribution in [2.75, 3.05) is 32.8 Å². The van der Waals surface area contributed by atoms with Crippen LogP contribution in [0.5, 0.6) is 5.75 Å². The highest BCUT2D eigenvalue weighted by Gasteiger charge is 2.30. The number of sulfonamides is 1. The van der Waals surface area contributed by atoms with E-state index in [0.717, 1.165) is 11.1 Å². The molecule has 3 rings (SSSR count). The van der Waals surface area contributed by atoms with Crippen LogP contribution in [0, 0.1) is 13.8 Å². The highest BCUT2D eigenvalue weighted by atomic mass is 32.2. The van der Waals surface area contributed by atoms with Crippen molar-refractivity contribution >= 4 is 15.9 Å². The quantitative estimate of drug-likeness (QED) is 0.788. The van der Waals surface area contributed by atoms with Crippen molar-refractivity contribution in [1.29, 1.82) is 0 Å². The van der Waals surface area contributed by atoms with Crippen LogP contribution in [0.3, 0.4) is 0 Å². The van der Waals surface area contributed by atoms with E-state index >= 15 is 0 Å². The number of benzene rings is 2. The summed E-state index contributed by atoms with van der Waals surface area (Å²) in [7, 11) is -3.51. The zero-order valence-electron chi connectivity index (χ0n) is 15.6. The molecule has 0 radical (unpaired) electrons. The van der Waals surface area contributed by atoms with Crippen molar-refractivity contribution in [3.8, 4) is 5.75 Å². The number of hydrogen-bond donors (Lipinski definition) is 0. The van der Waals surface area contributed by atoms with Crippen LogP contribution in [0.1, 0.15) is 11.1 Å². The van der Waals surface area contributed by atoms with Gasteiger partial charge < -0.3 is 9.64 Å². The van der Waals surface area contributed by atoms with Crippen molar-refractivity contribution in [3.05, 3.63) is 59.7 Å². The van der Waals surface area contributed by atoms with E-state index < -0.39 is 10.0 Å². The average Bonchev–Trinajstić information content (AvgIpc) is 2.69. The zero-order chi connectivity index (χ0) is 19.4. The maximum Gasteiger partial charge on any atom is 0.260 e. The Hall–Kier alpha value is -2.38. The lowest BCUT2D eigenvalue weighted by molar-refractivity contribution is -0.134. The normalized spacial score (nSPS) is 15.6. The van der Waals surface area contributed by atoms with Gasteiger partial charge in [-0.25, -0.2) is 8.42 Å². The van der Waals surface area contributed by atoms with E-state index in [1.165, 1.54) is 4.31 Å². The van der Waals surface area contributed by atoms with Gasteiger partial charge in [-0.3, -0.25) is 4.79 Å². The smallest absolute Gasteiger partial charge is 0.260 e. The molecule has 0 bridgehead atoms. The lowest BCUT2D eigenvalue weighted by Gasteiger charge is -2.34. The van der Waals surface area contributed by atoms with E-state index in [2.05, 4.69) is 0 Å². The molecule has 1 heterocycles. The summed E-state index contributed by atoms with van der Waals surface area (Å²) in [6, 6.07) is 14.1. The van der Waals surface area contributed by atoms with Gasteiger partial charge in [-0.1, -0.05) is 30.3 Å². The summed E-state index contributed by atoms with van der Waals surface area (Å²) >= 11 is 0. The van der Waals surface area contributed by atoms with Crippen LogP contribution in [-0.4, -0.2) is 56.3 Å². The molecule has 7 heteroatoms. The first kappa shape index (κ1) is 19.4. The predicted octanol–water partition coefficient (Wildman–Crippen LogP) is 2.22. The second-order valence-electron chi connectivity index (χ2n) is 6.58. The third-order valence-corrected chi connectivity index (χ3v) is 6.79. The summed E-state index contributed by atoms with van der Waals surface area (Å²) in [5.41, 5.74) is 2.13. The van der Waals surface area contributed by atoms with E-state index in [1.54, 1.807) is 35.2 Å². The maximum atomic E-state index is 12.6. The van der Waals surface area contributed by atoms with Crippen LogP contribution < -0.4 is 4.74 Å². The molecule has 0 aromatic heterocycles. The zero-order valence-corrected chi connectivity index (χ0v) is 16.4. The highest BCUT2D eigenvalue weighted by Crippen LogP contribution is 2.21. The molecule has 1 amide bonds. The van der Waals surface area contributed by atoms with E-state index in [0.29, 0.717) is 18.8 Å². The summed E-state index contributed by atoms with van der Waals surface area (Å²) in [4.78, 5) is 14.4. The number of amides is 1. The fourth-order valence-corrected chi connectivity index (χ4v) is 4.47. The number of hydrogen-bond acceptors (Lipinski definition) is 4. The Morgan fingerprint density at radius 3 is 2.30 bits per heavy atom. The molecule has 1 fully saturated rings. The first-order valence-electron chi connectivity index (χ1n) is 8.91. The second-order valence-corrected chi connectivity index (χ2v) is 8.52. The summed E-state index contributed by atoms with van der Waals surface area (Å²) in [6.45, 7) is 5.20. The van der Waals surface area contributed by atoms with Gasteiger partial charge in [0.25, 0.3) is 5.91 Å². The minimum atomic E-state index is -3.51. The molecule has 1 aliphatic heterocycles. The Morgan fingerprint density at radius 1 is 0.963 bits per heavy atom. The third kappa shape index (κ3) is 4.31. The van der Waals surface area contributed by atoms with E-state index in [4.69, 9.17) is 4.74 Å². The largest absolute Gasteiger partial charge is 0.483 e. The first-order chi connectivity index (χ1) is 12.9. The minimum absolute atomic E-state index is 0.0459. The fourth-order valence-electron chi connectivity index (χ4n) is 3.03. The topological polar surface area (TPSA) is 66.9 Å². The Balaban J connectivity index is 1.56. The molecular formula is C20H24N2O4S. The van der Waals surface area contributed by atoms with Gasteiger partial charge in [0.2, 0.25) is 10.0 Å². The van der Waals surface area contributed by atoms with Gasteiger partial charge in [-0.05, 0) is 43.2 Å². The molecule has 27 heavy (non-hydrogen) atoms.